The second-order valence-electron chi connectivity index (χ2n) is 4.04. The molecule has 0 aliphatic carbocycles. The molecule has 14 heavy (non-hydrogen) atoms. The van der Waals surface area contributed by atoms with E-state index in [1.54, 1.807) is 0 Å². The molecule has 4 nitrogen and oxygen atoms in total. The molecule has 0 saturated heterocycles. The minimum absolute atomic E-state index is 0.0416. The number of hydrogen-bond acceptors (Lipinski definition) is 4. The van der Waals surface area contributed by atoms with Gasteiger partial charge in [0, 0.05) is 6.54 Å². The van der Waals surface area contributed by atoms with E-state index in [0.29, 0.717) is 12.8 Å². The third-order valence-corrected chi connectivity index (χ3v) is 3.76. The van der Waals surface area contributed by atoms with Crippen LogP contribution >= 0.6 is 0 Å². The summed E-state index contributed by atoms with van der Waals surface area (Å²) < 4.78 is 22.5. The average molecular weight is 218 g/mol. The second kappa shape index (κ2) is 5.32. The zero-order chi connectivity index (χ0) is 11.2. The molecule has 0 radical (unpaired) electrons. The highest BCUT2D eigenvalue weighted by atomic mass is 32.2. The molecule has 0 heterocycles. The van der Waals surface area contributed by atoms with E-state index in [1.807, 2.05) is 13.8 Å². The number of rotatable bonds is 6. The quantitative estimate of drug-likeness (QED) is 0.711. The van der Waals surface area contributed by atoms with Gasteiger partial charge in [0.25, 0.3) is 0 Å². The fraction of sp³-hybridized carbons (Fsp3) is 0.889. The van der Waals surface area contributed by atoms with Gasteiger partial charge in [0.05, 0.1) is 23.0 Å². The van der Waals surface area contributed by atoms with E-state index in [-0.39, 0.29) is 18.1 Å². The van der Waals surface area contributed by atoms with Gasteiger partial charge in [-0.05, 0) is 26.7 Å². The Balaban J connectivity index is 3.93. The van der Waals surface area contributed by atoms with Gasteiger partial charge in [-0.1, -0.05) is 0 Å². The third-order valence-electron chi connectivity index (χ3n) is 1.99. The van der Waals surface area contributed by atoms with E-state index < -0.39 is 15.3 Å². The highest BCUT2D eigenvalue weighted by Gasteiger charge is 2.18. The van der Waals surface area contributed by atoms with Crippen molar-refractivity contribution < 1.29 is 8.42 Å². The van der Waals surface area contributed by atoms with Crippen LogP contribution in [0.1, 0.15) is 26.7 Å². The van der Waals surface area contributed by atoms with Gasteiger partial charge in [-0.2, -0.15) is 5.26 Å². The molecule has 0 unspecified atom stereocenters. The zero-order valence-electron chi connectivity index (χ0n) is 8.78. The lowest BCUT2D eigenvalue weighted by atomic mass is 9.90. The molecule has 82 valence electrons. The highest BCUT2D eigenvalue weighted by molar-refractivity contribution is 7.91. The summed E-state index contributed by atoms with van der Waals surface area (Å²) in [5.41, 5.74) is 4.73. The lowest BCUT2D eigenvalue weighted by Crippen LogP contribution is -2.19. The van der Waals surface area contributed by atoms with Gasteiger partial charge >= 0.3 is 0 Å². The third kappa shape index (κ3) is 5.95. The normalized spacial score (nSPS) is 12.4. The van der Waals surface area contributed by atoms with Crippen LogP contribution in [0.25, 0.3) is 0 Å². The average Bonchev–Trinajstić information content (AvgIpc) is 2.03. The summed E-state index contributed by atoms with van der Waals surface area (Å²) in [6.07, 6.45) is 1.14. The van der Waals surface area contributed by atoms with Crippen LogP contribution in [0.2, 0.25) is 0 Å². The number of sulfone groups is 1. The first-order valence-electron chi connectivity index (χ1n) is 4.65. The summed E-state index contributed by atoms with van der Waals surface area (Å²) in [4.78, 5) is 0. The molecule has 0 aromatic heterocycles. The number of nitrogens with zero attached hydrogens (tertiary/aromatic N) is 1. The standard InChI is InChI=1S/C9H18N2O2S/c1-9(2,8-11)4-3-6-14(12,13)7-5-10/h3-7,10H2,1-2H3. The first-order chi connectivity index (χ1) is 6.33. The smallest absolute Gasteiger partial charge is 0.151 e. The largest absolute Gasteiger partial charge is 0.329 e. The predicted octanol–water partition coefficient (Wildman–Crippen LogP) is 0.690. The van der Waals surface area contributed by atoms with E-state index in [4.69, 9.17) is 11.0 Å². The van der Waals surface area contributed by atoms with Gasteiger partial charge in [0.15, 0.2) is 9.84 Å². The molecule has 0 amide bonds. The lowest BCUT2D eigenvalue weighted by molar-refractivity contribution is 0.445. The van der Waals surface area contributed by atoms with Crippen molar-refractivity contribution in [3.05, 3.63) is 0 Å². The Hall–Kier alpha value is -0.600. The fourth-order valence-electron chi connectivity index (χ4n) is 1.07. The van der Waals surface area contributed by atoms with Crippen LogP contribution in [-0.2, 0) is 9.84 Å². The maximum absolute atomic E-state index is 11.2. The molecule has 0 saturated carbocycles. The monoisotopic (exact) mass is 218 g/mol. The van der Waals surface area contributed by atoms with Crippen molar-refractivity contribution >= 4 is 9.84 Å². The van der Waals surface area contributed by atoms with E-state index >= 15 is 0 Å². The van der Waals surface area contributed by atoms with Crippen molar-refractivity contribution in [3.8, 4) is 6.07 Å². The van der Waals surface area contributed by atoms with Crippen LogP contribution in [0.4, 0.5) is 0 Å². The molecule has 2 N–H and O–H groups in total. The Morgan fingerprint density at radius 3 is 2.36 bits per heavy atom. The van der Waals surface area contributed by atoms with Gasteiger partial charge in [0.2, 0.25) is 0 Å². The van der Waals surface area contributed by atoms with Crippen molar-refractivity contribution in [2.24, 2.45) is 11.1 Å². The maximum Gasteiger partial charge on any atom is 0.151 e. The van der Waals surface area contributed by atoms with Crippen molar-refractivity contribution in [3.63, 3.8) is 0 Å². The number of nitriles is 1. The minimum Gasteiger partial charge on any atom is -0.329 e. The van der Waals surface area contributed by atoms with Gasteiger partial charge in [-0.25, -0.2) is 8.42 Å². The molecule has 0 fully saturated rings. The number of nitrogens with two attached hydrogens (primary N) is 1. The fourth-order valence-corrected chi connectivity index (χ4v) is 2.22. The lowest BCUT2D eigenvalue weighted by Gasteiger charge is -2.14. The molecule has 0 bridgehead atoms. The van der Waals surface area contributed by atoms with Gasteiger partial charge in [-0.3, -0.25) is 0 Å². The topological polar surface area (TPSA) is 84.0 Å². The van der Waals surface area contributed by atoms with Crippen LogP contribution in [0.15, 0.2) is 0 Å². The Kier molecular flexibility index (Phi) is 5.09. The van der Waals surface area contributed by atoms with E-state index in [1.165, 1.54) is 0 Å². The summed E-state index contributed by atoms with van der Waals surface area (Å²) in [6.45, 7) is 3.79. The summed E-state index contributed by atoms with van der Waals surface area (Å²) >= 11 is 0. The first-order valence-corrected chi connectivity index (χ1v) is 6.47. The second-order valence-corrected chi connectivity index (χ2v) is 6.34. The summed E-state index contributed by atoms with van der Waals surface area (Å²) in [5.74, 6) is 0.176. The molecule has 5 heteroatoms. The SMILES string of the molecule is CC(C)(C#N)CCCS(=O)(=O)CCN. The van der Waals surface area contributed by atoms with Crippen LogP contribution in [-0.4, -0.2) is 26.5 Å². The molecule has 0 aliphatic heterocycles. The molecule has 0 atom stereocenters. The van der Waals surface area contributed by atoms with Crippen LogP contribution in [0, 0.1) is 16.7 Å². The first kappa shape index (κ1) is 13.4. The molecule has 0 spiro atoms. The van der Waals surface area contributed by atoms with Crippen molar-refractivity contribution in [1.82, 2.24) is 0 Å². The van der Waals surface area contributed by atoms with E-state index in [9.17, 15) is 8.42 Å². The molecule has 0 rings (SSSR count). The van der Waals surface area contributed by atoms with Gasteiger partial charge in [0.1, 0.15) is 0 Å². The number of hydrogen-bond donors (Lipinski definition) is 1. The van der Waals surface area contributed by atoms with Crippen molar-refractivity contribution in [2.75, 3.05) is 18.1 Å². The predicted molar refractivity (Wildman–Crippen MR) is 56.3 cm³/mol. The Morgan fingerprint density at radius 1 is 1.36 bits per heavy atom. The summed E-state index contributed by atoms with van der Waals surface area (Å²) in [7, 11) is -3.00. The Bertz CT molecular complexity index is 301. The zero-order valence-corrected chi connectivity index (χ0v) is 9.60. The van der Waals surface area contributed by atoms with Crippen molar-refractivity contribution in [2.45, 2.75) is 26.7 Å². The molecule has 0 aromatic carbocycles. The van der Waals surface area contributed by atoms with Crippen molar-refractivity contribution in [1.29, 1.82) is 5.26 Å². The molecular weight excluding hydrogens is 200 g/mol. The Labute approximate surface area is 86.0 Å². The van der Waals surface area contributed by atoms with Gasteiger partial charge < -0.3 is 5.73 Å². The van der Waals surface area contributed by atoms with Gasteiger partial charge in [-0.15, -0.1) is 0 Å². The molecule has 0 aliphatic rings. The van der Waals surface area contributed by atoms with Crippen LogP contribution in [0.3, 0.4) is 0 Å². The molecule has 0 aromatic rings. The van der Waals surface area contributed by atoms with Crippen LogP contribution < -0.4 is 5.73 Å². The summed E-state index contributed by atoms with van der Waals surface area (Å²) in [5, 5.41) is 8.71. The van der Waals surface area contributed by atoms with E-state index in [0.717, 1.165) is 0 Å². The van der Waals surface area contributed by atoms with E-state index in [2.05, 4.69) is 6.07 Å². The minimum atomic E-state index is -3.00. The summed E-state index contributed by atoms with van der Waals surface area (Å²) in [6, 6.07) is 2.14. The highest BCUT2D eigenvalue weighted by Crippen LogP contribution is 2.20. The maximum atomic E-state index is 11.2. The van der Waals surface area contributed by atoms with Crippen LogP contribution in [0.5, 0.6) is 0 Å². The molecular formula is C9H18N2O2S. The Morgan fingerprint density at radius 2 is 1.93 bits per heavy atom.